The minimum absolute atomic E-state index is 0.193. The van der Waals surface area contributed by atoms with Gasteiger partial charge >= 0.3 is 0 Å². The van der Waals surface area contributed by atoms with Crippen LogP contribution in [-0.4, -0.2) is 7.05 Å². The third-order valence-corrected chi connectivity index (χ3v) is 3.25. The van der Waals surface area contributed by atoms with E-state index in [9.17, 15) is 4.39 Å². The van der Waals surface area contributed by atoms with Crippen molar-refractivity contribution in [2.75, 3.05) is 12.4 Å². The number of hydrogen-bond donors (Lipinski definition) is 1. The number of aryl methyl sites for hydroxylation is 2. The molecule has 0 amide bonds. The Kier molecular flexibility index (Phi) is 4.00. The molecular formula is C17H18FN. The summed E-state index contributed by atoms with van der Waals surface area (Å²) in [7, 11) is 1.91. The van der Waals surface area contributed by atoms with Crippen LogP contribution >= 0.6 is 0 Å². The minimum Gasteiger partial charge on any atom is -0.388 e. The van der Waals surface area contributed by atoms with Crippen LogP contribution in [0.4, 0.5) is 10.1 Å². The summed E-state index contributed by atoms with van der Waals surface area (Å²) in [4.78, 5) is 0. The predicted molar refractivity (Wildman–Crippen MR) is 80.8 cm³/mol. The highest BCUT2D eigenvalue weighted by atomic mass is 19.1. The number of anilines is 1. The second-order valence-electron chi connectivity index (χ2n) is 4.62. The molecular weight excluding hydrogens is 237 g/mol. The van der Waals surface area contributed by atoms with Crippen LogP contribution in [0, 0.1) is 19.7 Å². The van der Waals surface area contributed by atoms with Gasteiger partial charge in [0.1, 0.15) is 5.82 Å². The SMILES string of the molecule is CNc1cccc(C)c1/C=C/c1ccc(F)cc1C. The lowest BCUT2D eigenvalue weighted by atomic mass is 10.0. The molecule has 0 spiro atoms. The molecule has 0 heterocycles. The molecule has 0 aliphatic heterocycles. The summed E-state index contributed by atoms with van der Waals surface area (Å²) in [6.45, 7) is 4.00. The fourth-order valence-corrected chi connectivity index (χ4v) is 2.12. The lowest BCUT2D eigenvalue weighted by Gasteiger charge is -2.08. The monoisotopic (exact) mass is 255 g/mol. The Bertz CT molecular complexity index is 615. The number of hydrogen-bond acceptors (Lipinski definition) is 1. The van der Waals surface area contributed by atoms with Crippen LogP contribution in [0.2, 0.25) is 0 Å². The van der Waals surface area contributed by atoms with Crippen molar-refractivity contribution in [3.8, 4) is 0 Å². The zero-order valence-electron chi connectivity index (χ0n) is 11.5. The molecule has 0 aliphatic rings. The number of nitrogens with one attached hydrogen (secondary N) is 1. The summed E-state index contributed by atoms with van der Waals surface area (Å²) in [5.41, 5.74) is 5.44. The van der Waals surface area contributed by atoms with Crippen LogP contribution in [0.25, 0.3) is 12.2 Å². The molecule has 19 heavy (non-hydrogen) atoms. The molecule has 0 unspecified atom stereocenters. The molecule has 0 fully saturated rings. The first-order valence-electron chi connectivity index (χ1n) is 6.33. The maximum atomic E-state index is 13.1. The molecule has 0 saturated heterocycles. The molecule has 0 atom stereocenters. The molecule has 0 bridgehead atoms. The quantitative estimate of drug-likeness (QED) is 0.787. The molecule has 0 aromatic heterocycles. The van der Waals surface area contributed by atoms with Gasteiger partial charge in [-0.15, -0.1) is 0 Å². The van der Waals surface area contributed by atoms with Gasteiger partial charge in [-0.25, -0.2) is 4.39 Å². The van der Waals surface area contributed by atoms with Gasteiger partial charge in [0.25, 0.3) is 0 Å². The van der Waals surface area contributed by atoms with E-state index in [0.717, 1.165) is 22.4 Å². The molecule has 0 saturated carbocycles. The molecule has 1 nitrogen and oxygen atoms in total. The minimum atomic E-state index is -0.193. The van der Waals surface area contributed by atoms with Crippen LogP contribution in [0.1, 0.15) is 22.3 Å². The molecule has 2 rings (SSSR count). The van der Waals surface area contributed by atoms with Crippen molar-refractivity contribution >= 4 is 17.8 Å². The largest absolute Gasteiger partial charge is 0.388 e. The predicted octanol–water partition coefficient (Wildman–Crippen LogP) is 4.65. The highest BCUT2D eigenvalue weighted by molar-refractivity contribution is 5.79. The molecule has 0 radical (unpaired) electrons. The lowest BCUT2D eigenvalue weighted by molar-refractivity contribution is 0.626. The Balaban J connectivity index is 2.37. The van der Waals surface area contributed by atoms with E-state index in [-0.39, 0.29) is 5.82 Å². The highest BCUT2D eigenvalue weighted by Crippen LogP contribution is 2.22. The van der Waals surface area contributed by atoms with E-state index < -0.39 is 0 Å². The molecule has 1 N–H and O–H groups in total. The average molecular weight is 255 g/mol. The Morgan fingerprint density at radius 2 is 1.79 bits per heavy atom. The summed E-state index contributed by atoms with van der Waals surface area (Å²) in [5, 5.41) is 3.19. The Morgan fingerprint density at radius 1 is 1.00 bits per heavy atom. The fourth-order valence-electron chi connectivity index (χ4n) is 2.12. The first-order valence-corrected chi connectivity index (χ1v) is 6.33. The van der Waals surface area contributed by atoms with E-state index in [2.05, 4.69) is 24.4 Å². The van der Waals surface area contributed by atoms with Gasteiger partial charge < -0.3 is 5.32 Å². The zero-order valence-corrected chi connectivity index (χ0v) is 11.5. The molecule has 2 aromatic rings. The first-order chi connectivity index (χ1) is 9.11. The van der Waals surface area contributed by atoms with Gasteiger partial charge in [-0.1, -0.05) is 30.4 Å². The van der Waals surface area contributed by atoms with Crippen LogP contribution in [0.3, 0.4) is 0 Å². The maximum Gasteiger partial charge on any atom is 0.123 e. The van der Waals surface area contributed by atoms with Crippen LogP contribution in [0.15, 0.2) is 36.4 Å². The first kappa shape index (κ1) is 13.3. The molecule has 2 aromatic carbocycles. The van der Waals surface area contributed by atoms with Crippen molar-refractivity contribution < 1.29 is 4.39 Å². The van der Waals surface area contributed by atoms with Gasteiger partial charge in [-0.3, -0.25) is 0 Å². The standard InChI is InChI=1S/C17H18FN/c1-12-5-4-6-17(19-3)16(12)10-8-14-7-9-15(18)11-13(14)2/h4-11,19H,1-3H3/b10-8+. The Morgan fingerprint density at radius 3 is 2.47 bits per heavy atom. The maximum absolute atomic E-state index is 13.1. The third-order valence-electron chi connectivity index (χ3n) is 3.25. The number of rotatable bonds is 3. The summed E-state index contributed by atoms with van der Waals surface area (Å²) in [6.07, 6.45) is 4.10. The summed E-state index contributed by atoms with van der Waals surface area (Å²) >= 11 is 0. The van der Waals surface area contributed by atoms with Crippen molar-refractivity contribution in [2.45, 2.75) is 13.8 Å². The summed E-state index contributed by atoms with van der Waals surface area (Å²) in [6, 6.07) is 11.0. The van der Waals surface area contributed by atoms with Crippen molar-refractivity contribution in [3.63, 3.8) is 0 Å². The molecule has 0 aliphatic carbocycles. The van der Waals surface area contributed by atoms with Crippen molar-refractivity contribution in [2.24, 2.45) is 0 Å². The second-order valence-corrected chi connectivity index (χ2v) is 4.62. The van der Waals surface area contributed by atoms with Gasteiger partial charge in [-0.05, 0) is 48.7 Å². The Labute approximate surface area is 113 Å². The number of benzene rings is 2. The smallest absolute Gasteiger partial charge is 0.123 e. The van der Waals surface area contributed by atoms with E-state index in [0.29, 0.717) is 0 Å². The van der Waals surface area contributed by atoms with Gasteiger partial charge in [0.15, 0.2) is 0 Å². The van der Waals surface area contributed by atoms with Crippen molar-refractivity contribution in [1.29, 1.82) is 0 Å². The van der Waals surface area contributed by atoms with Gasteiger partial charge in [0.05, 0.1) is 0 Å². The van der Waals surface area contributed by atoms with E-state index in [1.165, 1.54) is 11.6 Å². The molecule has 2 heteroatoms. The second kappa shape index (κ2) is 5.70. The third kappa shape index (κ3) is 3.02. The van der Waals surface area contributed by atoms with E-state index >= 15 is 0 Å². The number of halogens is 1. The van der Waals surface area contributed by atoms with E-state index in [4.69, 9.17) is 0 Å². The van der Waals surface area contributed by atoms with Crippen molar-refractivity contribution in [1.82, 2.24) is 0 Å². The average Bonchev–Trinajstić information content (AvgIpc) is 2.39. The van der Waals surface area contributed by atoms with Crippen LogP contribution in [0.5, 0.6) is 0 Å². The zero-order chi connectivity index (χ0) is 13.8. The lowest BCUT2D eigenvalue weighted by Crippen LogP contribution is -1.93. The topological polar surface area (TPSA) is 12.0 Å². The van der Waals surface area contributed by atoms with Crippen molar-refractivity contribution in [3.05, 3.63) is 64.5 Å². The summed E-state index contributed by atoms with van der Waals surface area (Å²) in [5.74, 6) is -0.193. The van der Waals surface area contributed by atoms with Crippen LogP contribution in [-0.2, 0) is 0 Å². The Hall–Kier alpha value is -2.09. The molecule has 98 valence electrons. The van der Waals surface area contributed by atoms with E-state index in [1.54, 1.807) is 12.1 Å². The van der Waals surface area contributed by atoms with Gasteiger partial charge in [0.2, 0.25) is 0 Å². The highest BCUT2D eigenvalue weighted by Gasteiger charge is 2.01. The van der Waals surface area contributed by atoms with Gasteiger partial charge in [-0.2, -0.15) is 0 Å². The normalized spacial score (nSPS) is 10.9. The fraction of sp³-hybridized carbons (Fsp3) is 0.176. The van der Waals surface area contributed by atoms with E-state index in [1.807, 2.05) is 32.2 Å². The van der Waals surface area contributed by atoms with Gasteiger partial charge in [0, 0.05) is 18.3 Å². The van der Waals surface area contributed by atoms with Crippen LogP contribution < -0.4 is 5.32 Å². The summed E-state index contributed by atoms with van der Waals surface area (Å²) < 4.78 is 13.1.